The van der Waals surface area contributed by atoms with Crippen LogP contribution in [0, 0.1) is 5.92 Å². The van der Waals surface area contributed by atoms with Crippen LogP contribution in [0.2, 0.25) is 5.02 Å². The van der Waals surface area contributed by atoms with Crippen molar-refractivity contribution in [2.75, 3.05) is 55.6 Å². The largest absolute Gasteiger partial charge is 0.425 e. The Morgan fingerprint density at radius 1 is 1.12 bits per heavy atom. The maximum absolute atomic E-state index is 13.2. The average Bonchev–Trinajstić information content (AvgIpc) is 3.51. The van der Waals surface area contributed by atoms with Crippen molar-refractivity contribution in [2.24, 2.45) is 5.92 Å². The minimum atomic E-state index is -0.685. The molecule has 2 amide bonds. The van der Waals surface area contributed by atoms with E-state index in [0.29, 0.717) is 18.1 Å². The molecule has 1 saturated heterocycles. The molecular weight excluding hydrogens is 546 g/mol. The molecule has 2 aliphatic heterocycles. The molecule has 0 saturated carbocycles. The van der Waals surface area contributed by atoms with E-state index in [4.69, 9.17) is 20.7 Å². The van der Waals surface area contributed by atoms with Gasteiger partial charge in [-0.15, -0.1) is 0 Å². The van der Waals surface area contributed by atoms with Gasteiger partial charge < -0.3 is 14.5 Å². The molecule has 2 aromatic carbocycles. The lowest BCUT2D eigenvalue weighted by atomic mass is 10.0. The van der Waals surface area contributed by atoms with Gasteiger partial charge in [-0.05, 0) is 61.1 Å². The van der Waals surface area contributed by atoms with Gasteiger partial charge in [0.15, 0.2) is 6.23 Å². The molecule has 8 nitrogen and oxygen atoms in total. The minimum absolute atomic E-state index is 0.0695. The number of aromatic nitrogens is 1. The van der Waals surface area contributed by atoms with Gasteiger partial charge in [0.05, 0.1) is 16.8 Å². The molecule has 1 aromatic heterocycles. The van der Waals surface area contributed by atoms with Gasteiger partial charge in [0.25, 0.3) is 0 Å². The van der Waals surface area contributed by atoms with Gasteiger partial charge in [0, 0.05) is 62.1 Å². The number of rotatable bonds is 9. The topological polar surface area (TPSA) is 69.2 Å². The van der Waals surface area contributed by atoms with Crippen LogP contribution in [0.1, 0.15) is 38.8 Å². The summed E-state index contributed by atoms with van der Waals surface area (Å²) in [6, 6.07) is 12.4. The lowest BCUT2D eigenvalue weighted by Crippen LogP contribution is -2.47. The van der Waals surface area contributed by atoms with Crippen molar-refractivity contribution in [3.8, 4) is 0 Å². The molecule has 10 heteroatoms. The predicted octanol–water partition coefficient (Wildman–Crippen LogP) is 5.66. The number of hydrogen-bond acceptors (Lipinski definition) is 7. The van der Waals surface area contributed by atoms with Gasteiger partial charge in [-0.1, -0.05) is 43.6 Å². The second-order valence-electron chi connectivity index (χ2n) is 10.8. The number of fused-ring (bicyclic) bond motifs is 2. The van der Waals surface area contributed by atoms with Crippen molar-refractivity contribution >= 4 is 56.7 Å². The summed E-state index contributed by atoms with van der Waals surface area (Å²) < 4.78 is 11.8. The van der Waals surface area contributed by atoms with Crippen LogP contribution in [-0.4, -0.2) is 78.2 Å². The second-order valence-corrected chi connectivity index (χ2v) is 12.0. The lowest BCUT2D eigenvalue weighted by Gasteiger charge is -2.35. The van der Waals surface area contributed by atoms with Crippen LogP contribution in [-0.2, 0) is 22.4 Å². The fraction of sp³-hybridized carbons (Fsp3) is 0.500. The molecule has 214 valence electrons. The highest BCUT2D eigenvalue weighted by Gasteiger charge is 2.38. The summed E-state index contributed by atoms with van der Waals surface area (Å²) in [5.74, 6) is 0.951. The number of hydrogen-bond donors (Lipinski definition) is 0. The van der Waals surface area contributed by atoms with Crippen LogP contribution in [0.3, 0.4) is 0 Å². The molecule has 0 N–H and O–H groups in total. The second kappa shape index (κ2) is 12.3. The number of amides is 2. The number of benzene rings is 2. The highest BCUT2D eigenvalue weighted by atomic mass is 35.5. The van der Waals surface area contributed by atoms with Crippen LogP contribution >= 0.6 is 23.1 Å². The third-order valence-electron chi connectivity index (χ3n) is 7.91. The van der Waals surface area contributed by atoms with E-state index in [9.17, 15) is 9.59 Å². The molecular formula is C30H38ClN5O3S. The molecule has 0 radical (unpaired) electrons. The van der Waals surface area contributed by atoms with Crippen LogP contribution in [0.25, 0.3) is 10.1 Å². The SMILES string of the molecule is CCN(CC)C(=O)OC(C(C)C)N1C(=O)Cc2cc(CCN3CCN(c4nsc5ccccc45)CC3)c(Cl)cc21. The summed E-state index contributed by atoms with van der Waals surface area (Å²) >= 11 is 8.34. The Labute approximate surface area is 245 Å². The van der Waals surface area contributed by atoms with Gasteiger partial charge in [-0.25, -0.2) is 4.79 Å². The highest BCUT2D eigenvalue weighted by Crippen LogP contribution is 2.37. The van der Waals surface area contributed by atoms with E-state index in [2.05, 4.69) is 40.1 Å². The molecule has 0 spiro atoms. The molecule has 3 aromatic rings. The maximum Gasteiger partial charge on any atom is 0.411 e. The van der Waals surface area contributed by atoms with Crippen molar-refractivity contribution in [3.05, 3.63) is 52.5 Å². The standard InChI is InChI=1S/C30H38ClN5O3S/c1-5-34(6-2)30(38)39-29(20(3)4)36-25-19-24(31)21(17-22(25)18-27(36)37)11-12-33-13-15-35(16-14-33)28-23-9-7-8-10-26(23)40-32-28/h7-10,17,19-20,29H,5-6,11-16,18H2,1-4H3. The van der Waals surface area contributed by atoms with Gasteiger partial charge in [0.2, 0.25) is 5.91 Å². The number of carbonyl (C=O) groups is 2. The third kappa shape index (κ3) is 5.78. The van der Waals surface area contributed by atoms with Crippen LogP contribution in [0.15, 0.2) is 36.4 Å². The average molecular weight is 584 g/mol. The Bertz CT molecular complexity index is 1370. The Kier molecular flexibility index (Phi) is 8.83. The Hall–Kier alpha value is -2.88. The van der Waals surface area contributed by atoms with E-state index >= 15 is 0 Å². The van der Waals surface area contributed by atoms with Gasteiger partial charge in [0.1, 0.15) is 5.82 Å². The van der Waals surface area contributed by atoms with Gasteiger partial charge in [-0.2, -0.15) is 4.37 Å². The van der Waals surface area contributed by atoms with E-state index in [1.165, 1.54) is 10.1 Å². The normalized spacial score (nSPS) is 16.6. The quantitative estimate of drug-likeness (QED) is 0.324. The summed E-state index contributed by atoms with van der Waals surface area (Å²) in [6.07, 6.45) is 0.00155. The van der Waals surface area contributed by atoms with E-state index in [1.54, 1.807) is 21.3 Å². The van der Waals surface area contributed by atoms with E-state index in [1.807, 2.05) is 33.8 Å². The fourth-order valence-corrected chi connectivity index (χ4v) is 6.63. The van der Waals surface area contributed by atoms with E-state index < -0.39 is 12.3 Å². The number of nitrogens with zero attached hydrogens (tertiary/aromatic N) is 5. The van der Waals surface area contributed by atoms with Crippen molar-refractivity contribution in [2.45, 2.75) is 46.8 Å². The summed E-state index contributed by atoms with van der Waals surface area (Å²) in [5.41, 5.74) is 2.73. The van der Waals surface area contributed by atoms with E-state index in [-0.39, 0.29) is 18.2 Å². The molecule has 0 bridgehead atoms. The maximum atomic E-state index is 13.2. The summed E-state index contributed by atoms with van der Waals surface area (Å²) in [4.78, 5) is 34.0. The van der Waals surface area contributed by atoms with Crippen LogP contribution < -0.4 is 9.80 Å². The van der Waals surface area contributed by atoms with Crippen molar-refractivity contribution in [1.82, 2.24) is 14.2 Å². The zero-order chi connectivity index (χ0) is 28.4. The molecule has 1 fully saturated rings. The molecule has 0 aliphatic carbocycles. The zero-order valence-electron chi connectivity index (χ0n) is 23.7. The first kappa shape index (κ1) is 28.6. The first-order valence-corrected chi connectivity index (χ1v) is 15.4. The molecule has 40 heavy (non-hydrogen) atoms. The van der Waals surface area contributed by atoms with Crippen molar-refractivity contribution in [3.63, 3.8) is 0 Å². The van der Waals surface area contributed by atoms with Crippen molar-refractivity contribution < 1.29 is 14.3 Å². The molecule has 1 atom stereocenters. The van der Waals surface area contributed by atoms with Crippen LogP contribution in [0.4, 0.5) is 16.3 Å². The summed E-state index contributed by atoms with van der Waals surface area (Å²) in [5, 5.41) is 1.88. The minimum Gasteiger partial charge on any atom is -0.425 e. The molecule has 1 unspecified atom stereocenters. The zero-order valence-corrected chi connectivity index (χ0v) is 25.3. The summed E-state index contributed by atoms with van der Waals surface area (Å²) in [6.45, 7) is 13.6. The highest BCUT2D eigenvalue weighted by molar-refractivity contribution is 7.13. The van der Waals surface area contributed by atoms with Crippen molar-refractivity contribution in [1.29, 1.82) is 0 Å². The Morgan fingerprint density at radius 2 is 1.85 bits per heavy atom. The number of carbonyl (C=O) groups excluding carboxylic acids is 2. The summed E-state index contributed by atoms with van der Waals surface area (Å²) in [7, 11) is 0. The smallest absolute Gasteiger partial charge is 0.411 e. The number of halogens is 1. The van der Waals surface area contributed by atoms with Gasteiger partial charge >= 0.3 is 6.09 Å². The molecule has 3 heterocycles. The third-order valence-corrected chi connectivity index (χ3v) is 9.08. The number of piperazine rings is 1. The molecule has 5 rings (SSSR count). The van der Waals surface area contributed by atoms with E-state index in [0.717, 1.165) is 61.8 Å². The van der Waals surface area contributed by atoms with Gasteiger partial charge in [-0.3, -0.25) is 14.6 Å². The first-order chi connectivity index (χ1) is 19.3. The van der Waals surface area contributed by atoms with Crippen LogP contribution in [0.5, 0.6) is 0 Å². The first-order valence-electron chi connectivity index (χ1n) is 14.2. The monoisotopic (exact) mass is 583 g/mol. The number of anilines is 2. The number of ether oxygens (including phenoxy) is 1. The fourth-order valence-electron chi connectivity index (χ4n) is 5.59. The molecule has 2 aliphatic rings. The lowest BCUT2D eigenvalue weighted by molar-refractivity contribution is -0.119. The Balaban J connectivity index is 1.23. The Morgan fingerprint density at radius 3 is 2.55 bits per heavy atom. The predicted molar refractivity (Wildman–Crippen MR) is 163 cm³/mol.